The normalized spacial score (nSPS) is 13.4. The highest BCUT2D eigenvalue weighted by atomic mass is 32.1. The fourth-order valence-electron chi connectivity index (χ4n) is 2.58. The van der Waals surface area contributed by atoms with E-state index in [0.29, 0.717) is 22.6 Å². The lowest BCUT2D eigenvalue weighted by molar-refractivity contribution is 0.103. The van der Waals surface area contributed by atoms with Gasteiger partial charge in [0, 0.05) is 10.4 Å². The first-order valence-corrected chi connectivity index (χ1v) is 7.75. The molecular formula is C16H12BNO3S. The number of fused-ring (bicyclic) bond motifs is 2. The summed E-state index contributed by atoms with van der Waals surface area (Å²) in [6.07, 6.45) is 0. The first kappa shape index (κ1) is 13.5. The lowest BCUT2D eigenvalue weighted by atomic mass is 9.79. The van der Waals surface area contributed by atoms with Crippen molar-refractivity contribution in [1.29, 1.82) is 0 Å². The fourth-order valence-corrected chi connectivity index (χ4v) is 3.54. The summed E-state index contributed by atoms with van der Waals surface area (Å²) in [7, 11) is -0.906. The van der Waals surface area contributed by atoms with E-state index < -0.39 is 7.12 Å². The van der Waals surface area contributed by atoms with Gasteiger partial charge in [0.2, 0.25) is 0 Å². The fraction of sp³-hybridized carbons (Fsp3) is 0.0625. The Morgan fingerprint density at radius 2 is 2.09 bits per heavy atom. The first-order valence-electron chi connectivity index (χ1n) is 6.93. The highest BCUT2D eigenvalue weighted by molar-refractivity contribution is 7.20. The van der Waals surface area contributed by atoms with Crippen LogP contribution < -0.4 is 10.8 Å². The number of rotatable bonds is 2. The predicted molar refractivity (Wildman–Crippen MR) is 88.6 cm³/mol. The quantitative estimate of drug-likeness (QED) is 0.715. The largest absolute Gasteiger partial charge is 0.491 e. The highest BCUT2D eigenvalue weighted by Crippen LogP contribution is 2.26. The van der Waals surface area contributed by atoms with Crippen LogP contribution in [0.4, 0.5) is 5.69 Å². The van der Waals surface area contributed by atoms with Gasteiger partial charge in [-0.25, -0.2) is 0 Å². The molecule has 2 N–H and O–H groups in total. The Morgan fingerprint density at radius 1 is 1.23 bits per heavy atom. The average molecular weight is 309 g/mol. The minimum absolute atomic E-state index is 0.144. The first-order chi connectivity index (χ1) is 10.7. The van der Waals surface area contributed by atoms with Crippen molar-refractivity contribution in [2.75, 3.05) is 5.32 Å². The Balaban J connectivity index is 1.60. The summed E-state index contributed by atoms with van der Waals surface area (Å²) in [6, 6.07) is 15.3. The standard InChI is InChI=1S/C16H12BNO3S/c19-16(15-7-10-3-1-2-4-14(10)22-15)18-12-6-5-11-9-21-17(20)13(11)8-12/h1-8,20H,9H2,(H,18,19). The summed E-state index contributed by atoms with van der Waals surface area (Å²) >= 11 is 1.46. The van der Waals surface area contributed by atoms with E-state index in [1.807, 2.05) is 42.5 Å². The zero-order valence-corrected chi connectivity index (χ0v) is 12.4. The zero-order chi connectivity index (χ0) is 15.1. The second kappa shape index (κ2) is 5.24. The summed E-state index contributed by atoms with van der Waals surface area (Å²) in [5.41, 5.74) is 2.33. The molecule has 0 saturated heterocycles. The third-order valence-electron chi connectivity index (χ3n) is 3.72. The van der Waals surface area contributed by atoms with Crippen molar-refractivity contribution in [2.45, 2.75) is 6.61 Å². The van der Waals surface area contributed by atoms with Gasteiger partial charge in [0.05, 0.1) is 11.5 Å². The van der Waals surface area contributed by atoms with Gasteiger partial charge in [-0.05, 0) is 40.7 Å². The van der Waals surface area contributed by atoms with Crippen LogP contribution >= 0.6 is 11.3 Å². The minimum atomic E-state index is -0.906. The van der Waals surface area contributed by atoms with Crippen molar-refractivity contribution in [3.63, 3.8) is 0 Å². The average Bonchev–Trinajstić information content (AvgIpc) is 3.11. The van der Waals surface area contributed by atoms with Gasteiger partial charge >= 0.3 is 7.12 Å². The lowest BCUT2D eigenvalue weighted by Gasteiger charge is -2.06. The van der Waals surface area contributed by atoms with Gasteiger partial charge in [0.1, 0.15) is 0 Å². The SMILES string of the molecule is O=C(Nc1ccc2c(c1)B(O)OC2)c1cc2ccccc2s1. The molecule has 1 aliphatic rings. The number of nitrogens with one attached hydrogen (secondary N) is 1. The van der Waals surface area contributed by atoms with Crippen LogP contribution in [0.1, 0.15) is 15.2 Å². The molecule has 0 saturated carbocycles. The molecule has 22 heavy (non-hydrogen) atoms. The molecule has 1 aliphatic heterocycles. The molecule has 4 rings (SSSR count). The maximum absolute atomic E-state index is 12.4. The molecule has 3 aromatic rings. The summed E-state index contributed by atoms with van der Waals surface area (Å²) in [5.74, 6) is -0.144. The molecule has 0 fully saturated rings. The molecule has 108 valence electrons. The van der Waals surface area contributed by atoms with Crippen LogP contribution in [0.2, 0.25) is 0 Å². The van der Waals surface area contributed by atoms with Crippen LogP contribution in [-0.2, 0) is 11.3 Å². The van der Waals surface area contributed by atoms with E-state index in [-0.39, 0.29) is 5.91 Å². The third-order valence-corrected chi connectivity index (χ3v) is 4.83. The minimum Gasteiger partial charge on any atom is -0.423 e. The van der Waals surface area contributed by atoms with E-state index >= 15 is 0 Å². The summed E-state index contributed by atoms with van der Waals surface area (Å²) in [4.78, 5) is 13.0. The number of hydrogen-bond donors (Lipinski definition) is 2. The van der Waals surface area contributed by atoms with Crippen LogP contribution in [0.5, 0.6) is 0 Å². The van der Waals surface area contributed by atoms with E-state index in [1.54, 1.807) is 6.07 Å². The second-order valence-electron chi connectivity index (χ2n) is 5.18. The van der Waals surface area contributed by atoms with Crippen molar-refractivity contribution in [3.05, 3.63) is 59.0 Å². The van der Waals surface area contributed by atoms with E-state index in [2.05, 4.69) is 5.32 Å². The van der Waals surface area contributed by atoms with Gasteiger partial charge in [-0.3, -0.25) is 4.79 Å². The molecule has 2 aromatic carbocycles. The van der Waals surface area contributed by atoms with Crippen LogP contribution in [0.25, 0.3) is 10.1 Å². The molecule has 0 bridgehead atoms. The number of thiophene rings is 1. The summed E-state index contributed by atoms with van der Waals surface area (Å²) < 4.78 is 6.24. The number of amides is 1. The van der Waals surface area contributed by atoms with Crippen molar-refractivity contribution in [2.24, 2.45) is 0 Å². The van der Waals surface area contributed by atoms with Gasteiger partial charge < -0.3 is 15.0 Å². The van der Waals surface area contributed by atoms with E-state index in [1.165, 1.54) is 11.3 Å². The number of carbonyl (C=O) groups excluding carboxylic acids is 1. The van der Waals surface area contributed by atoms with Gasteiger partial charge in [0.25, 0.3) is 5.91 Å². The van der Waals surface area contributed by atoms with Gasteiger partial charge in [-0.2, -0.15) is 0 Å². The summed E-state index contributed by atoms with van der Waals surface area (Å²) in [6.45, 7) is 0.404. The lowest BCUT2D eigenvalue weighted by Crippen LogP contribution is -2.28. The molecule has 4 nitrogen and oxygen atoms in total. The summed E-state index contributed by atoms with van der Waals surface area (Å²) in [5, 5.41) is 13.7. The van der Waals surface area contributed by atoms with Crippen molar-refractivity contribution in [3.8, 4) is 0 Å². The Bertz CT molecular complexity index is 844. The highest BCUT2D eigenvalue weighted by Gasteiger charge is 2.27. The maximum atomic E-state index is 12.4. The number of anilines is 1. The Kier molecular flexibility index (Phi) is 3.22. The molecule has 0 atom stereocenters. The Labute approximate surface area is 131 Å². The van der Waals surface area contributed by atoms with E-state index in [0.717, 1.165) is 15.6 Å². The molecule has 0 spiro atoms. The Morgan fingerprint density at radius 3 is 2.95 bits per heavy atom. The molecule has 0 radical (unpaired) electrons. The molecule has 6 heteroatoms. The number of benzene rings is 2. The number of hydrogen-bond acceptors (Lipinski definition) is 4. The van der Waals surface area contributed by atoms with Gasteiger partial charge in [0.15, 0.2) is 0 Å². The van der Waals surface area contributed by atoms with Crippen LogP contribution in [0.3, 0.4) is 0 Å². The monoisotopic (exact) mass is 309 g/mol. The van der Waals surface area contributed by atoms with E-state index in [9.17, 15) is 9.82 Å². The van der Waals surface area contributed by atoms with Crippen LogP contribution in [0.15, 0.2) is 48.5 Å². The van der Waals surface area contributed by atoms with Gasteiger partial charge in [-0.15, -0.1) is 11.3 Å². The molecule has 0 aliphatic carbocycles. The van der Waals surface area contributed by atoms with Crippen LogP contribution in [-0.4, -0.2) is 18.0 Å². The van der Waals surface area contributed by atoms with Gasteiger partial charge in [-0.1, -0.05) is 24.3 Å². The molecule has 0 unspecified atom stereocenters. The topological polar surface area (TPSA) is 58.6 Å². The molecule has 2 heterocycles. The number of carbonyl (C=O) groups is 1. The predicted octanol–water partition coefficient (Wildman–Crippen LogP) is 2.37. The van der Waals surface area contributed by atoms with Crippen molar-refractivity contribution in [1.82, 2.24) is 0 Å². The molecule has 1 aromatic heterocycles. The maximum Gasteiger partial charge on any atom is 0.491 e. The second-order valence-corrected chi connectivity index (χ2v) is 6.26. The van der Waals surface area contributed by atoms with E-state index in [4.69, 9.17) is 4.65 Å². The smallest absolute Gasteiger partial charge is 0.423 e. The molecular weight excluding hydrogens is 297 g/mol. The van der Waals surface area contributed by atoms with Crippen molar-refractivity contribution < 1.29 is 14.5 Å². The molecule has 1 amide bonds. The van der Waals surface area contributed by atoms with Crippen LogP contribution in [0, 0.1) is 0 Å². The van der Waals surface area contributed by atoms with Crippen molar-refractivity contribution >= 4 is 45.6 Å². The third kappa shape index (κ3) is 2.31. The Hall–Kier alpha value is -2.15. The zero-order valence-electron chi connectivity index (χ0n) is 11.6.